The third-order valence-electron chi connectivity index (χ3n) is 3.05. The molecule has 2 aromatic rings. The molecule has 3 N–H and O–H groups in total. The quantitative estimate of drug-likeness (QED) is 0.734. The van der Waals surface area contributed by atoms with Crippen LogP contribution >= 0.6 is 0 Å². The fraction of sp³-hybridized carbons (Fsp3) is 0.0667. The zero-order valence-corrected chi connectivity index (χ0v) is 12.6. The Labute approximate surface area is 132 Å². The molecular weight excluding hydrogens is 322 g/mol. The molecule has 0 amide bonds. The minimum Gasteiger partial charge on any atom is -0.480 e. The van der Waals surface area contributed by atoms with E-state index in [0.717, 1.165) is 0 Å². The van der Waals surface area contributed by atoms with Crippen molar-refractivity contribution in [2.45, 2.75) is 4.90 Å². The highest BCUT2D eigenvalue weighted by Crippen LogP contribution is 2.25. The van der Waals surface area contributed by atoms with Gasteiger partial charge in [0.2, 0.25) is 10.0 Å². The summed E-state index contributed by atoms with van der Waals surface area (Å²) >= 11 is 0. The van der Waals surface area contributed by atoms with Crippen molar-refractivity contribution in [3.05, 3.63) is 54.1 Å². The number of rotatable bonds is 6. The van der Waals surface area contributed by atoms with E-state index >= 15 is 0 Å². The molecule has 0 fully saturated rings. The molecule has 0 aliphatic heterocycles. The average Bonchev–Trinajstić information content (AvgIpc) is 2.53. The van der Waals surface area contributed by atoms with E-state index in [4.69, 9.17) is 5.11 Å². The minimum atomic E-state index is -3.93. The Morgan fingerprint density at radius 3 is 2.13 bits per heavy atom. The van der Waals surface area contributed by atoms with Crippen molar-refractivity contribution in [1.82, 2.24) is 4.72 Å². The van der Waals surface area contributed by atoms with Crippen LogP contribution in [0.5, 0.6) is 0 Å². The molecule has 0 saturated heterocycles. The molecular formula is C15H13NO6S. The average molecular weight is 335 g/mol. The molecule has 120 valence electrons. The summed E-state index contributed by atoms with van der Waals surface area (Å²) < 4.78 is 25.7. The normalized spacial score (nSPS) is 11.1. The van der Waals surface area contributed by atoms with Crippen molar-refractivity contribution in [2.75, 3.05) is 6.54 Å². The van der Waals surface area contributed by atoms with Crippen LogP contribution in [0.3, 0.4) is 0 Å². The second-order valence-electron chi connectivity index (χ2n) is 4.59. The summed E-state index contributed by atoms with van der Waals surface area (Å²) in [5.74, 6) is -2.37. The fourth-order valence-electron chi connectivity index (χ4n) is 1.98. The lowest BCUT2D eigenvalue weighted by Gasteiger charge is -2.08. The van der Waals surface area contributed by atoms with Gasteiger partial charge in [0.1, 0.15) is 6.54 Å². The van der Waals surface area contributed by atoms with Gasteiger partial charge in [-0.05, 0) is 29.3 Å². The first-order valence-electron chi connectivity index (χ1n) is 6.45. The maximum Gasteiger partial charge on any atom is 0.336 e. The Balaban J connectivity index is 2.34. The SMILES string of the molecule is O=C(O)CNS(=O)(=O)c1ccc(-c2ccccc2C(=O)O)cc1. The van der Waals surface area contributed by atoms with Crippen LogP contribution < -0.4 is 4.72 Å². The molecule has 0 heterocycles. The first-order chi connectivity index (χ1) is 10.8. The van der Waals surface area contributed by atoms with Crippen molar-refractivity contribution in [1.29, 1.82) is 0 Å². The van der Waals surface area contributed by atoms with Crippen molar-refractivity contribution in [3.8, 4) is 11.1 Å². The zero-order valence-electron chi connectivity index (χ0n) is 11.8. The Hall–Kier alpha value is -2.71. The summed E-state index contributed by atoms with van der Waals surface area (Å²) in [5.41, 5.74) is 1.11. The van der Waals surface area contributed by atoms with Gasteiger partial charge in [-0.2, -0.15) is 4.72 Å². The van der Waals surface area contributed by atoms with E-state index in [2.05, 4.69) is 0 Å². The van der Waals surface area contributed by atoms with Gasteiger partial charge in [0.15, 0.2) is 0 Å². The molecule has 7 nitrogen and oxygen atoms in total. The third kappa shape index (κ3) is 3.93. The number of carbonyl (C=O) groups is 2. The molecule has 0 saturated carbocycles. The van der Waals surface area contributed by atoms with Gasteiger partial charge in [0.05, 0.1) is 10.5 Å². The highest BCUT2D eigenvalue weighted by molar-refractivity contribution is 7.89. The third-order valence-corrected chi connectivity index (χ3v) is 4.46. The van der Waals surface area contributed by atoms with Crippen LogP contribution in [0.15, 0.2) is 53.4 Å². The lowest BCUT2D eigenvalue weighted by molar-refractivity contribution is -0.135. The van der Waals surface area contributed by atoms with Gasteiger partial charge < -0.3 is 10.2 Å². The summed E-state index contributed by atoms with van der Waals surface area (Å²) in [6.07, 6.45) is 0. The van der Waals surface area contributed by atoms with Crippen molar-refractivity contribution < 1.29 is 28.2 Å². The Bertz CT molecular complexity index is 843. The van der Waals surface area contributed by atoms with Gasteiger partial charge >= 0.3 is 11.9 Å². The predicted molar refractivity (Wildman–Crippen MR) is 81.7 cm³/mol. The van der Waals surface area contributed by atoms with E-state index in [1.165, 1.54) is 30.3 Å². The van der Waals surface area contributed by atoms with E-state index in [-0.39, 0.29) is 10.5 Å². The number of benzene rings is 2. The maximum absolute atomic E-state index is 11.9. The fourth-order valence-corrected chi connectivity index (χ4v) is 2.95. The highest BCUT2D eigenvalue weighted by atomic mass is 32.2. The van der Waals surface area contributed by atoms with Gasteiger partial charge in [-0.3, -0.25) is 4.79 Å². The zero-order chi connectivity index (χ0) is 17.0. The molecule has 2 aromatic carbocycles. The van der Waals surface area contributed by atoms with Crippen LogP contribution in [0.2, 0.25) is 0 Å². The largest absolute Gasteiger partial charge is 0.480 e. The van der Waals surface area contributed by atoms with Crippen molar-refractivity contribution >= 4 is 22.0 Å². The number of hydrogen-bond acceptors (Lipinski definition) is 4. The Kier molecular flexibility index (Phi) is 4.77. The Morgan fingerprint density at radius 2 is 1.57 bits per heavy atom. The molecule has 0 aliphatic carbocycles. The molecule has 23 heavy (non-hydrogen) atoms. The molecule has 0 spiro atoms. The van der Waals surface area contributed by atoms with Gasteiger partial charge in [0, 0.05) is 0 Å². The first-order valence-corrected chi connectivity index (χ1v) is 7.94. The number of aliphatic carboxylic acids is 1. The van der Waals surface area contributed by atoms with E-state index in [1.807, 2.05) is 4.72 Å². The topological polar surface area (TPSA) is 121 Å². The minimum absolute atomic E-state index is 0.102. The lowest BCUT2D eigenvalue weighted by atomic mass is 10.00. The molecule has 0 radical (unpaired) electrons. The molecule has 8 heteroatoms. The molecule has 0 aliphatic rings. The van der Waals surface area contributed by atoms with E-state index in [9.17, 15) is 23.1 Å². The maximum atomic E-state index is 11.9. The van der Waals surface area contributed by atoms with Crippen LogP contribution in [-0.4, -0.2) is 37.1 Å². The first kappa shape index (κ1) is 16.7. The number of hydrogen-bond donors (Lipinski definition) is 3. The van der Waals surface area contributed by atoms with Crippen LogP contribution in [0.4, 0.5) is 0 Å². The molecule has 0 bridgehead atoms. The van der Waals surface area contributed by atoms with Crippen molar-refractivity contribution in [2.24, 2.45) is 0 Å². The summed E-state index contributed by atoms with van der Waals surface area (Å²) in [7, 11) is -3.93. The Morgan fingerprint density at radius 1 is 0.957 bits per heavy atom. The molecule has 2 rings (SSSR count). The summed E-state index contributed by atoms with van der Waals surface area (Å²) in [6.45, 7) is -0.716. The molecule has 0 unspecified atom stereocenters. The smallest absolute Gasteiger partial charge is 0.336 e. The molecule has 0 aromatic heterocycles. The number of carboxylic acids is 2. The second-order valence-corrected chi connectivity index (χ2v) is 6.36. The van der Waals surface area contributed by atoms with Gasteiger partial charge in [-0.15, -0.1) is 0 Å². The highest BCUT2D eigenvalue weighted by Gasteiger charge is 2.16. The van der Waals surface area contributed by atoms with E-state index < -0.39 is 28.5 Å². The summed E-state index contributed by atoms with van der Waals surface area (Å²) in [6, 6.07) is 11.9. The standard InChI is InChI=1S/C15H13NO6S/c17-14(18)9-16-23(21,22)11-7-5-10(6-8-11)12-3-1-2-4-13(12)15(19)20/h1-8,16H,9H2,(H,17,18)(H,19,20). The second kappa shape index (κ2) is 6.59. The van der Waals surface area contributed by atoms with Crippen LogP contribution in [-0.2, 0) is 14.8 Å². The van der Waals surface area contributed by atoms with Crippen LogP contribution in [0.25, 0.3) is 11.1 Å². The number of aromatic carboxylic acids is 1. The van der Waals surface area contributed by atoms with E-state index in [1.54, 1.807) is 18.2 Å². The summed E-state index contributed by atoms with van der Waals surface area (Å²) in [4.78, 5) is 21.5. The monoisotopic (exact) mass is 335 g/mol. The number of carboxylic acid groups (broad SMARTS) is 2. The van der Waals surface area contributed by atoms with Crippen LogP contribution in [0.1, 0.15) is 10.4 Å². The predicted octanol–water partition coefficient (Wildman–Crippen LogP) is 1.41. The van der Waals surface area contributed by atoms with Gasteiger partial charge in [0.25, 0.3) is 0 Å². The van der Waals surface area contributed by atoms with Crippen molar-refractivity contribution in [3.63, 3.8) is 0 Å². The van der Waals surface area contributed by atoms with Gasteiger partial charge in [-0.1, -0.05) is 30.3 Å². The lowest BCUT2D eigenvalue weighted by Crippen LogP contribution is -2.29. The number of nitrogens with one attached hydrogen (secondary N) is 1. The summed E-state index contributed by atoms with van der Waals surface area (Å²) in [5, 5.41) is 17.7. The van der Waals surface area contributed by atoms with Gasteiger partial charge in [-0.25, -0.2) is 13.2 Å². The van der Waals surface area contributed by atoms with E-state index in [0.29, 0.717) is 11.1 Å². The number of sulfonamides is 1. The van der Waals surface area contributed by atoms with Crippen LogP contribution in [0, 0.1) is 0 Å². The molecule has 0 atom stereocenters.